The Kier molecular flexibility index (Phi) is 6.56. The van der Waals surface area contributed by atoms with Crippen LogP contribution >= 0.6 is 0 Å². The normalized spacial score (nSPS) is 19.8. The van der Waals surface area contributed by atoms with Crippen LogP contribution in [0.2, 0.25) is 0 Å². The second kappa shape index (κ2) is 9.40. The topological polar surface area (TPSA) is 143 Å². The molecule has 2 saturated heterocycles. The number of aromatic nitrogens is 2. The van der Waals surface area contributed by atoms with E-state index in [9.17, 15) is 22.8 Å². The SMILES string of the molecule is CCC1CCCCN1S(=O)(=O)c1ccc(C(=O)Nc2nnc(CN3C(=O)CCC3=O)o2)cc1. The number of likely N-dealkylation sites (tertiary alicyclic amines) is 1. The number of carbonyl (C=O) groups is 3. The fourth-order valence-electron chi connectivity index (χ4n) is 4.08. The Bertz CT molecular complexity index is 1140. The predicted octanol–water partition coefficient (Wildman–Crippen LogP) is 1.92. The number of sulfonamides is 1. The van der Waals surface area contributed by atoms with Crippen LogP contribution in [0.3, 0.4) is 0 Å². The van der Waals surface area contributed by atoms with Crippen molar-refractivity contribution in [3.8, 4) is 0 Å². The van der Waals surface area contributed by atoms with Crippen molar-refractivity contribution in [1.82, 2.24) is 19.4 Å². The summed E-state index contributed by atoms with van der Waals surface area (Å²) in [5.41, 5.74) is 0.212. The van der Waals surface area contributed by atoms with E-state index < -0.39 is 15.9 Å². The van der Waals surface area contributed by atoms with E-state index in [2.05, 4.69) is 15.5 Å². The molecule has 3 amide bonds. The van der Waals surface area contributed by atoms with Crippen LogP contribution in [0.4, 0.5) is 6.01 Å². The van der Waals surface area contributed by atoms with Crippen molar-refractivity contribution in [3.63, 3.8) is 0 Å². The summed E-state index contributed by atoms with van der Waals surface area (Å²) in [7, 11) is -3.64. The van der Waals surface area contributed by atoms with Crippen molar-refractivity contribution in [1.29, 1.82) is 0 Å². The quantitative estimate of drug-likeness (QED) is 0.599. The van der Waals surface area contributed by atoms with Gasteiger partial charge in [-0.15, -0.1) is 5.10 Å². The Morgan fingerprint density at radius 2 is 1.82 bits per heavy atom. The molecule has 1 N–H and O–H groups in total. The Morgan fingerprint density at radius 1 is 1.12 bits per heavy atom. The molecule has 0 aliphatic carbocycles. The molecule has 0 spiro atoms. The molecule has 3 heterocycles. The summed E-state index contributed by atoms with van der Waals surface area (Å²) >= 11 is 0. The van der Waals surface area contributed by atoms with E-state index in [4.69, 9.17) is 4.42 Å². The molecule has 11 nitrogen and oxygen atoms in total. The number of nitrogens with zero attached hydrogens (tertiary/aromatic N) is 4. The summed E-state index contributed by atoms with van der Waals surface area (Å²) in [6.07, 6.45) is 3.76. The van der Waals surface area contributed by atoms with Crippen LogP contribution in [-0.2, 0) is 26.2 Å². The van der Waals surface area contributed by atoms with E-state index in [0.717, 1.165) is 30.6 Å². The molecule has 176 valence electrons. The van der Waals surface area contributed by atoms with Gasteiger partial charge in [0.15, 0.2) is 0 Å². The molecule has 0 radical (unpaired) electrons. The van der Waals surface area contributed by atoms with Crippen LogP contribution in [0.5, 0.6) is 0 Å². The zero-order valence-electron chi connectivity index (χ0n) is 18.2. The zero-order valence-corrected chi connectivity index (χ0v) is 19.0. The third-order valence-corrected chi connectivity index (χ3v) is 7.87. The average Bonchev–Trinajstić information content (AvgIpc) is 3.40. The number of rotatable bonds is 7. The molecule has 4 rings (SSSR count). The van der Waals surface area contributed by atoms with Crippen LogP contribution in [-0.4, -0.2) is 58.1 Å². The zero-order chi connectivity index (χ0) is 23.6. The maximum Gasteiger partial charge on any atom is 0.322 e. The van der Waals surface area contributed by atoms with Crippen LogP contribution < -0.4 is 5.32 Å². The Hall–Kier alpha value is -3.12. The molecule has 2 aliphatic rings. The number of amides is 3. The van der Waals surface area contributed by atoms with E-state index in [-0.39, 0.29) is 59.6 Å². The smallest absolute Gasteiger partial charge is 0.322 e. The summed E-state index contributed by atoms with van der Waals surface area (Å²) in [5.74, 6) is -1.17. The van der Waals surface area contributed by atoms with Crippen LogP contribution in [0.25, 0.3) is 0 Å². The summed E-state index contributed by atoms with van der Waals surface area (Å²) in [6.45, 7) is 2.33. The van der Waals surface area contributed by atoms with Gasteiger partial charge in [-0.25, -0.2) is 8.42 Å². The lowest BCUT2D eigenvalue weighted by atomic mass is 10.0. The summed E-state index contributed by atoms with van der Waals surface area (Å²) < 4.78 is 33.0. The van der Waals surface area contributed by atoms with E-state index in [1.54, 1.807) is 4.31 Å². The van der Waals surface area contributed by atoms with Crippen molar-refractivity contribution in [3.05, 3.63) is 35.7 Å². The summed E-state index contributed by atoms with van der Waals surface area (Å²) in [4.78, 5) is 37.1. The van der Waals surface area contributed by atoms with Gasteiger partial charge in [0.25, 0.3) is 5.91 Å². The molecule has 2 aliphatic heterocycles. The molecule has 0 saturated carbocycles. The van der Waals surface area contributed by atoms with Crippen LogP contribution in [0.1, 0.15) is 61.7 Å². The molecule has 2 aromatic rings. The highest BCUT2D eigenvalue weighted by atomic mass is 32.2. The van der Waals surface area contributed by atoms with Crippen molar-refractivity contribution < 1.29 is 27.2 Å². The van der Waals surface area contributed by atoms with Crippen molar-refractivity contribution >= 4 is 33.8 Å². The van der Waals surface area contributed by atoms with Gasteiger partial charge < -0.3 is 4.42 Å². The Labute approximate surface area is 191 Å². The maximum absolute atomic E-state index is 13.1. The van der Waals surface area contributed by atoms with Gasteiger partial charge in [0.05, 0.1) is 4.90 Å². The van der Waals surface area contributed by atoms with E-state index in [1.165, 1.54) is 24.3 Å². The lowest BCUT2D eigenvalue weighted by Crippen LogP contribution is -2.43. The molecule has 33 heavy (non-hydrogen) atoms. The first-order valence-corrected chi connectivity index (χ1v) is 12.3. The highest BCUT2D eigenvalue weighted by Crippen LogP contribution is 2.27. The number of nitrogens with one attached hydrogen (secondary N) is 1. The number of benzene rings is 1. The molecule has 1 aromatic heterocycles. The van der Waals surface area contributed by atoms with Crippen molar-refractivity contribution in [2.24, 2.45) is 0 Å². The van der Waals surface area contributed by atoms with Crippen molar-refractivity contribution in [2.45, 2.75) is 62.9 Å². The van der Waals surface area contributed by atoms with Gasteiger partial charge in [-0.1, -0.05) is 18.4 Å². The largest absolute Gasteiger partial charge is 0.406 e. The molecular weight excluding hydrogens is 450 g/mol. The third kappa shape index (κ3) is 4.81. The van der Waals surface area contributed by atoms with Gasteiger partial charge >= 0.3 is 6.01 Å². The van der Waals surface area contributed by atoms with E-state index >= 15 is 0 Å². The van der Waals surface area contributed by atoms with Gasteiger partial charge in [-0.05, 0) is 43.5 Å². The number of imide groups is 1. The molecule has 1 aromatic carbocycles. The standard InChI is InChI=1S/C21H25N5O6S/c1-2-15-5-3-4-12-26(15)33(30,31)16-8-6-14(7-9-16)20(29)22-21-24-23-17(32-21)13-25-18(27)10-11-19(25)28/h6-9,15H,2-5,10-13H2,1H3,(H,22,24,29). The van der Waals surface area contributed by atoms with E-state index in [1.807, 2.05) is 6.92 Å². The highest BCUT2D eigenvalue weighted by molar-refractivity contribution is 7.89. The average molecular weight is 476 g/mol. The Morgan fingerprint density at radius 3 is 2.48 bits per heavy atom. The number of anilines is 1. The number of hydrogen-bond acceptors (Lipinski definition) is 8. The minimum atomic E-state index is -3.64. The monoisotopic (exact) mass is 475 g/mol. The van der Waals surface area contributed by atoms with Crippen molar-refractivity contribution in [2.75, 3.05) is 11.9 Å². The maximum atomic E-state index is 13.1. The summed E-state index contributed by atoms with van der Waals surface area (Å²) in [6, 6.07) is 5.47. The number of carbonyl (C=O) groups excluding carboxylic acids is 3. The second-order valence-electron chi connectivity index (χ2n) is 8.03. The summed E-state index contributed by atoms with van der Waals surface area (Å²) in [5, 5.41) is 9.89. The number of hydrogen-bond donors (Lipinski definition) is 1. The lowest BCUT2D eigenvalue weighted by Gasteiger charge is -2.34. The fourth-order valence-corrected chi connectivity index (χ4v) is 5.85. The first-order valence-electron chi connectivity index (χ1n) is 10.9. The van der Waals surface area contributed by atoms with Gasteiger partial charge in [0.1, 0.15) is 6.54 Å². The number of piperidine rings is 1. The minimum absolute atomic E-state index is 0.00963. The first kappa shape index (κ1) is 23.1. The molecule has 12 heteroatoms. The Balaban J connectivity index is 1.41. The van der Waals surface area contributed by atoms with Crippen LogP contribution in [0.15, 0.2) is 33.6 Å². The molecule has 1 atom stereocenters. The predicted molar refractivity (Wildman–Crippen MR) is 115 cm³/mol. The van der Waals surface area contributed by atoms with Gasteiger partial charge in [-0.2, -0.15) is 4.31 Å². The van der Waals surface area contributed by atoms with Gasteiger partial charge in [0.2, 0.25) is 27.7 Å². The fraction of sp³-hybridized carbons (Fsp3) is 0.476. The second-order valence-corrected chi connectivity index (χ2v) is 9.92. The molecule has 2 fully saturated rings. The van der Waals surface area contributed by atoms with Gasteiger partial charge in [-0.3, -0.25) is 24.6 Å². The third-order valence-electron chi connectivity index (χ3n) is 5.90. The molecule has 0 bridgehead atoms. The minimum Gasteiger partial charge on any atom is -0.406 e. The highest BCUT2D eigenvalue weighted by Gasteiger charge is 2.33. The van der Waals surface area contributed by atoms with Gasteiger partial charge in [0, 0.05) is 31.0 Å². The molecular formula is C21H25N5O6S. The molecule has 1 unspecified atom stereocenters. The lowest BCUT2D eigenvalue weighted by molar-refractivity contribution is -0.139. The first-order chi connectivity index (χ1) is 15.8. The van der Waals surface area contributed by atoms with E-state index in [0.29, 0.717) is 6.54 Å². The van der Waals surface area contributed by atoms with Crippen LogP contribution in [0, 0.1) is 0 Å².